The molecule has 5 rings (SSSR count). The van der Waals surface area contributed by atoms with Crippen molar-refractivity contribution in [1.29, 1.82) is 0 Å². The minimum Gasteiger partial charge on any atom is -0.491 e. The average Bonchev–Trinajstić information content (AvgIpc) is 2.82. The van der Waals surface area contributed by atoms with Crippen molar-refractivity contribution >= 4 is 33.4 Å². The van der Waals surface area contributed by atoms with E-state index in [1.807, 2.05) is 42.6 Å². The summed E-state index contributed by atoms with van der Waals surface area (Å²) in [6.45, 7) is 1.28. The summed E-state index contributed by atoms with van der Waals surface area (Å²) in [6.07, 6.45) is 12.9. The van der Waals surface area contributed by atoms with Crippen LogP contribution in [0.3, 0.4) is 0 Å². The van der Waals surface area contributed by atoms with E-state index in [0.29, 0.717) is 25.0 Å². The molecular weight excluding hydrogens is 402 g/mol. The molecule has 0 fully saturated rings. The quantitative estimate of drug-likeness (QED) is 0.352. The third-order valence-corrected chi connectivity index (χ3v) is 5.37. The molecule has 0 unspecified atom stereocenters. The maximum absolute atomic E-state index is 6.05. The lowest BCUT2D eigenvalue weighted by Gasteiger charge is -2.11. The molecule has 0 saturated carbocycles. The summed E-state index contributed by atoms with van der Waals surface area (Å²) in [4.78, 5) is 17.9. The molecule has 0 radical (unpaired) electrons. The van der Waals surface area contributed by atoms with Crippen LogP contribution in [0.15, 0.2) is 61.1 Å². The van der Waals surface area contributed by atoms with Crippen molar-refractivity contribution in [2.24, 2.45) is 0 Å². The topological polar surface area (TPSA) is 82.1 Å². The van der Waals surface area contributed by atoms with Crippen LogP contribution in [-0.4, -0.2) is 33.1 Å². The number of nitrogens with zero attached hydrogens (tertiary/aromatic N) is 4. The van der Waals surface area contributed by atoms with Crippen LogP contribution in [0.1, 0.15) is 33.5 Å². The van der Waals surface area contributed by atoms with Gasteiger partial charge in [0.25, 0.3) is 0 Å². The second-order valence-electron chi connectivity index (χ2n) is 7.73. The summed E-state index contributed by atoms with van der Waals surface area (Å²) in [5.41, 5.74) is 2.47. The summed E-state index contributed by atoms with van der Waals surface area (Å²) in [7, 11) is 0. The van der Waals surface area contributed by atoms with Gasteiger partial charge < -0.3 is 14.8 Å². The zero-order valence-corrected chi connectivity index (χ0v) is 17.8. The molecule has 4 aromatic rings. The standard InChI is InChI=1S/C25H25N5O2.H2/c1-2-4-6-13-31-22-10-8-9-18-16-26-25(30-23(18)22)29-19-11-12-21-20(15-19)24(28-17-27-21)32-14-7-5-3-1;/h1-2,8-12,15-17H,3-7,13-14H2,(H,26,29,30);1H/b2-1-;. The van der Waals surface area contributed by atoms with Gasteiger partial charge in [0.05, 0.1) is 24.1 Å². The Kier molecular flexibility index (Phi) is 6.05. The second kappa shape index (κ2) is 9.60. The second-order valence-corrected chi connectivity index (χ2v) is 7.73. The number of anilines is 2. The number of nitrogens with one attached hydrogen (secondary N) is 1. The molecule has 3 heterocycles. The number of allylic oxidation sites excluding steroid dienone is 2. The molecule has 0 amide bonds. The fraction of sp³-hybridized carbons (Fsp3) is 0.280. The maximum Gasteiger partial charge on any atom is 0.227 e. The first-order valence-electron chi connectivity index (χ1n) is 11.0. The van der Waals surface area contributed by atoms with Crippen molar-refractivity contribution in [2.75, 3.05) is 18.5 Å². The lowest BCUT2D eigenvalue weighted by Crippen LogP contribution is -2.02. The largest absolute Gasteiger partial charge is 0.491 e. The van der Waals surface area contributed by atoms with Crippen LogP contribution >= 0.6 is 0 Å². The highest BCUT2D eigenvalue weighted by Crippen LogP contribution is 2.28. The Bertz CT molecular complexity index is 1260. The third-order valence-electron chi connectivity index (χ3n) is 5.37. The molecule has 164 valence electrons. The number of hydrogen-bond acceptors (Lipinski definition) is 7. The molecule has 0 saturated heterocycles. The Morgan fingerprint density at radius 3 is 2.75 bits per heavy atom. The highest BCUT2D eigenvalue weighted by Gasteiger charge is 2.10. The van der Waals surface area contributed by atoms with Gasteiger partial charge >= 0.3 is 0 Å². The number of para-hydroxylation sites is 1. The van der Waals surface area contributed by atoms with Crippen molar-refractivity contribution in [1.82, 2.24) is 19.9 Å². The Labute approximate surface area is 188 Å². The van der Waals surface area contributed by atoms with Crippen molar-refractivity contribution in [3.05, 3.63) is 61.1 Å². The van der Waals surface area contributed by atoms with Crippen LogP contribution in [0.25, 0.3) is 21.8 Å². The van der Waals surface area contributed by atoms with Gasteiger partial charge in [-0.2, -0.15) is 0 Å². The van der Waals surface area contributed by atoms with Crippen LogP contribution in [-0.2, 0) is 0 Å². The fourth-order valence-corrected chi connectivity index (χ4v) is 3.71. The van der Waals surface area contributed by atoms with Crippen LogP contribution in [0, 0.1) is 0 Å². The van der Waals surface area contributed by atoms with Crippen LogP contribution in [0.4, 0.5) is 11.6 Å². The Balaban J connectivity index is 0.00000259. The lowest BCUT2D eigenvalue weighted by molar-refractivity contribution is 0.299. The van der Waals surface area contributed by atoms with E-state index >= 15 is 0 Å². The molecule has 0 atom stereocenters. The summed E-state index contributed by atoms with van der Waals surface area (Å²) < 4.78 is 12.0. The molecule has 1 N–H and O–H groups in total. The van der Waals surface area contributed by atoms with Crippen LogP contribution in [0.5, 0.6) is 11.6 Å². The van der Waals surface area contributed by atoms with Gasteiger partial charge in [-0.3, -0.25) is 0 Å². The minimum atomic E-state index is 0. The van der Waals surface area contributed by atoms with E-state index in [1.54, 1.807) is 6.33 Å². The van der Waals surface area contributed by atoms with Crippen molar-refractivity contribution < 1.29 is 10.9 Å². The van der Waals surface area contributed by atoms with E-state index in [9.17, 15) is 0 Å². The molecular formula is C25H27N5O2. The zero-order valence-electron chi connectivity index (χ0n) is 17.8. The molecule has 0 aliphatic carbocycles. The highest BCUT2D eigenvalue weighted by atomic mass is 16.5. The molecule has 2 aromatic heterocycles. The minimum absolute atomic E-state index is 0. The van der Waals surface area contributed by atoms with Gasteiger partial charge in [0.15, 0.2) is 0 Å². The van der Waals surface area contributed by atoms with Gasteiger partial charge in [-0.25, -0.2) is 19.9 Å². The molecule has 7 heteroatoms. The van der Waals surface area contributed by atoms with E-state index in [-0.39, 0.29) is 1.43 Å². The third kappa shape index (κ3) is 4.61. The number of benzene rings is 2. The average molecular weight is 430 g/mol. The van der Waals surface area contributed by atoms with Crippen LogP contribution < -0.4 is 14.8 Å². The first-order chi connectivity index (χ1) is 15.9. The summed E-state index contributed by atoms with van der Waals surface area (Å²) in [5.74, 6) is 1.87. The first kappa shape index (κ1) is 20.2. The monoisotopic (exact) mass is 429 g/mol. The van der Waals surface area contributed by atoms with E-state index in [2.05, 4.69) is 32.4 Å². The van der Waals surface area contributed by atoms with E-state index in [4.69, 9.17) is 14.5 Å². The van der Waals surface area contributed by atoms with Crippen molar-refractivity contribution in [3.63, 3.8) is 0 Å². The maximum atomic E-state index is 6.05. The van der Waals surface area contributed by atoms with Crippen molar-refractivity contribution in [3.8, 4) is 11.6 Å². The van der Waals surface area contributed by atoms with Crippen molar-refractivity contribution in [2.45, 2.75) is 32.1 Å². The van der Waals surface area contributed by atoms with E-state index < -0.39 is 0 Å². The number of fused-ring (bicyclic) bond motifs is 2. The van der Waals surface area contributed by atoms with Gasteiger partial charge in [0.2, 0.25) is 11.8 Å². The van der Waals surface area contributed by atoms with Gasteiger partial charge in [0, 0.05) is 18.7 Å². The molecule has 0 spiro atoms. The van der Waals surface area contributed by atoms with Gasteiger partial charge in [-0.1, -0.05) is 24.3 Å². The summed E-state index contributed by atoms with van der Waals surface area (Å²) in [6, 6.07) is 11.8. The molecule has 7 nitrogen and oxygen atoms in total. The molecule has 32 heavy (non-hydrogen) atoms. The highest BCUT2D eigenvalue weighted by molar-refractivity contribution is 5.88. The molecule has 1 aliphatic heterocycles. The Morgan fingerprint density at radius 2 is 1.78 bits per heavy atom. The Morgan fingerprint density at radius 1 is 0.875 bits per heavy atom. The number of aromatic nitrogens is 4. The summed E-state index contributed by atoms with van der Waals surface area (Å²) in [5, 5.41) is 5.10. The van der Waals surface area contributed by atoms with E-state index in [1.165, 1.54) is 0 Å². The van der Waals surface area contributed by atoms with E-state index in [0.717, 1.165) is 65.3 Å². The number of ether oxygens (including phenoxy) is 2. The normalized spacial score (nSPS) is 16.2. The SMILES string of the molecule is C1=C\CCCOc2cccc3cnc(nc23)Nc2ccc3ncnc(c3c2)OCCCC/1.[HH]. The first-order valence-corrected chi connectivity index (χ1v) is 11.0. The Hall–Kier alpha value is -3.74. The van der Waals surface area contributed by atoms with Gasteiger partial charge in [-0.15, -0.1) is 0 Å². The number of rotatable bonds is 0. The fourth-order valence-electron chi connectivity index (χ4n) is 3.71. The predicted molar refractivity (Wildman–Crippen MR) is 128 cm³/mol. The van der Waals surface area contributed by atoms with Crippen LogP contribution in [0.2, 0.25) is 0 Å². The lowest BCUT2D eigenvalue weighted by atomic mass is 10.2. The molecule has 4 bridgehead atoms. The van der Waals surface area contributed by atoms with Gasteiger partial charge in [-0.05, 0) is 56.4 Å². The smallest absolute Gasteiger partial charge is 0.227 e. The van der Waals surface area contributed by atoms with Gasteiger partial charge in [0.1, 0.15) is 17.6 Å². The summed E-state index contributed by atoms with van der Waals surface area (Å²) >= 11 is 0. The molecule has 1 aliphatic rings. The zero-order chi connectivity index (χ0) is 21.6. The predicted octanol–water partition coefficient (Wildman–Crippen LogP) is 5.84. The number of hydrogen-bond donors (Lipinski definition) is 1. The molecule has 2 aromatic carbocycles.